The summed E-state index contributed by atoms with van der Waals surface area (Å²) in [5.74, 6) is 2.35. The Morgan fingerprint density at radius 1 is 1.35 bits per heavy atom. The van der Waals surface area contributed by atoms with Crippen molar-refractivity contribution in [2.75, 3.05) is 0 Å². The zero-order chi connectivity index (χ0) is 14.5. The Bertz CT molecular complexity index is 473. The monoisotopic (exact) mass is 270 g/mol. The summed E-state index contributed by atoms with van der Waals surface area (Å²) in [5, 5.41) is 12.7. The summed E-state index contributed by atoms with van der Waals surface area (Å²) < 4.78 is 0. The Balaban J connectivity index is 1.98. The summed E-state index contributed by atoms with van der Waals surface area (Å²) in [4.78, 5) is 0. The van der Waals surface area contributed by atoms with Gasteiger partial charge in [-0.3, -0.25) is 0 Å². The largest absolute Gasteiger partial charge is 0.310 e. The number of hydrogen-bond acceptors (Lipinski definition) is 2. The minimum atomic E-state index is 0.615. The predicted octanol–water partition coefficient (Wildman–Crippen LogP) is 4.11. The van der Waals surface area contributed by atoms with Crippen LogP contribution < -0.4 is 5.32 Å². The summed E-state index contributed by atoms with van der Waals surface area (Å²) in [6.45, 7) is 7.91. The van der Waals surface area contributed by atoms with E-state index in [-0.39, 0.29) is 0 Å². The molecule has 2 heteroatoms. The van der Waals surface area contributed by atoms with Gasteiger partial charge in [0.25, 0.3) is 0 Å². The van der Waals surface area contributed by atoms with Gasteiger partial charge in [-0.05, 0) is 48.3 Å². The SMILES string of the molecule is CC1CCC(C(C)C)C(NCc2cccc(C#N)c2)C1. The van der Waals surface area contributed by atoms with E-state index in [0.717, 1.165) is 29.9 Å². The summed E-state index contributed by atoms with van der Waals surface area (Å²) in [6, 6.07) is 10.8. The lowest BCUT2D eigenvalue weighted by molar-refractivity contribution is 0.169. The van der Waals surface area contributed by atoms with Crippen molar-refractivity contribution in [1.29, 1.82) is 5.26 Å². The van der Waals surface area contributed by atoms with E-state index >= 15 is 0 Å². The van der Waals surface area contributed by atoms with Crippen LogP contribution in [0.15, 0.2) is 24.3 Å². The second-order valence-electron chi connectivity index (χ2n) is 6.63. The summed E-state index contributed by atoms with van der Waals surface area (Å²) in [6.07, 6.45) is 3.99. The lowest BCUT2D eigenvalue weighted by Crippen LogP contribution is -2.42. The molecule has 3 atom stereocenters. The van der Waals surface area contributed by atoms with Crippen LogP contribution in [-0.2, 0) is 6.54 Å². The number of rotatable bonds is 4. The molecule has 0 radical (unpaired) electrons. The maximum absolute atomic E-state index is 8.96. The smallest absolute Gasteiger partial charge is 0.0991 e. The molecule has 0 spiro atoms. The number of benzene rings is 1. The van der Waals surface area contributed by atoms with Gasteiger partial charge in [0.2, 0.25) is 0 Å². The molecule has 1 N–H and O–H groups in total. The van der Waals surface area contributed by atoms with Gasteiger partial charge in [-0.1, -0.05) is 39.3 Å². The molecule has 0 saturated heterocycles. The van der Waals surface area contributed by atoms with Crippen LogP contribution in [0.4, 0.5) is 0 Å². The third kappa shape index (κ3) is 3.84. The molecule has 3 unspecified atom stereocenters. The van der Waals surface area contributed by atoms with Crippen molar-refractivity contribution in [3.63, 3.8) is 0 Å². The van der Waals surface area contributed by atoms with Gasteiger partial charge in [0.1, 0.15) is 0 Å². The highest BCUT2D eigenvalue weighted by atomic mass is 14.9. The van der Waals surface area contributed by atoms with E-state index in [9.17, 15) is 0 Å². The maximum Gasteiger partial charge on any atom is 0.0991 e. The first-order chi connectivity index (χ1) is 9.60. The fourth-order valence-corrected chi connectivity index (χ4v) is 3.44. The van der Waals surface area contributed by atoms with Crippen LogP contribution >= 0.6 is 0 Å². The average Bonchev–Trinajstić information content (AvgIpc) is 2.45. The third-order valence-electron chi connectivity index (χ3n) is 4.65. The predicted molar refractivity (Wildman–Crippen MR) is 83.1 cm³/mol. The Morgan fingerprint density at radius 3 is 2.85 bits per heavy atom. The Morgan fingerprint density at radius 2 is 2.15 bits per heavy atom. The van der Waals surface area contributed by atoms with Crippen molar-refractivity contribution in [1.82, 2.24) is 5.32 Å². The molecule has 0 heterocycles. The van der Waals surface area contributed by atoms with Crippen LogP contribution in [-0.4, -0.2) is 6.04 Å². The van der Waals surface area contributed by atoms with Crippen molar-refractivity contribution in [3.8, 4) is 6.07 Å². The molecule has 1 aromatic carbocycles. The molecule has 0 aliphatic heterocycles. The van der Waals surface area contributed by atoms with Crippen LogP contribution in [0, 0.1) is 29.1 Å². The molecule has 108 valence electrons. The zero-order valence-electron chi connectivity index (χ0n) is 12.9. The van der Waals surface area contributed by atoms with Gasteiger partial charge >= 0.3 is 0 Å². The Kier molecular flexibility index (Phi) is 5.20. The lowest BCUT2D eigenvalue weighted by Gasteiger charge is -2.38. The highest BCUT2D eigenvalue weighted by Gasteiger charge is 2.30. The van der Waals surface area contributed by atoms with Crippen molar-refractivity contribution in [2.45, 2.75) is 52.6 Å². The van der Waals surface area contributed by atoms with E-state index in [2.05, 4.69) is 38.2 Å². The van der Waals surface area contributed by atoms with E-state index in [1.165, 1.54) is 24.8 Å². The quantitative estimate of drug-likeness (QED) is 0.893. The lowest BCUT2D eigenvalue weighted by atomic mass is 9.74. The number of hydrogen-bond donors (Lipinski definition) is 1. The molecule has 0 amide bonds. The number of nitrogens with zero attached hydrogens (tertiary/aromatic N) is 1. The molecular formula is C18H26N2. The topological polar surface area (TPSA) is 35.8 Å². The zero-order valence-corrected chi connectivity index (χ0v) is 12.9. The molecule has 1 saturated carbocycles. The Labute approximate surface area is 123 Å². The first kappa shape index (κ1) is 15.1. The molecule has 1 fully saturated rings. The molecule has 1 aliphatic carbocycles. The van der Waals surface area contributed by atoms with Gasteiger partial charge in [0, 0.05) is 12.6 Å². The standard InChI is InChI=1S/C18H26N2/c1-13(2)17-8-7-14(3)9-18(17)20-12-16-6-4-5-15(10-16)11-19/h4-6,10,13-14,17-18,20H,7-9,12H2,1-3H3. The van der Waals surface area contributed by atoms with Gasteiger partial charge < -0.3 is 5.32 Å². The van der Waals surface area contributed by atoms with Gasteiger partial charge in [-0.25, -0.2) is 0 Å². The maximum atomic E-state index is 8.96. The van der Waals surface area contributed by atoms with Gasteiger partial charge in [0.05, 0.1) is 11.6 Å². The van der Waals surface area contributed by atoms with E-state index in [0.29, 0.717) is 6.04 Å². The highest BCUT2D eigenvalue weighted by molar-refractivity contribution is 5.32. The van der Waals surface area contributed by atoms with E-state index in [1.54, 1.807) is 0 Å². The normalized spacial score (nSPS) is 26.4. The highest BCUT2D eigenvalue weighted by Crippen LogP contribution is 2.33. The second kappa shape index (κ2) is 6.90. The van der Waals surface area contributed by atoms with Crippen LogP contribution in [0.3, 0.4) is 0 Å². The van der Waals surface area contributed by atoms with Crippen LogP contribution in [0.25, 0.3) is 0 Å². The summed E-state index contributed by atoms with van der Waals surface area (Å²) in [7, 11) is 0. The first-order valence-corrected chi connectivity index (χ1v) is 7.82. The summed E-state index contributed by atoms with van der Waals surface area (Å²) in [5.41, 5.74) is 1.96. The third-order valence-corrected chi connectivity index (χ3v) is 4.65. The average molecular weight is 270 g/mol. The second-order valence-corrected chi connectivity index (χ2v) is 6.63. The van der Waals surface area contributed by atoms with Crippen LogP contribution in [0.5, 0.6) is 0 Å². The fraction of sp³-hybridized carbons (Fsp3) is 0.611. The Hall–Kier alpha value is -1.33. The molecule has 20 heavy (non-hydrogen) atoms. The molecular weight excluding hydrogens is 244 g/mol. The van der Waals surface area contributed by atoms with Crippen molar-refractivity contribution in [2.24, 2.45) is 17.8 Å². The van der Waals surface area contributed by atoms with E-state index in [1.807, 2.05) is 18.2 Å². The molecule has 0 aromatic heterocycles. The van der Waals surface area contributed by atoms with E-state index < -0.39 is 0 Å². The minimum Gasteiger partial charge on any atom is -0.310 e. The number of nitrogens with one attached hydrogen (secondary N) is 1. The molecule has 1 aromatic rings. The van der Waals surface area contributed by atoms with Gasteiger partial charge in [0.15, 0.2) is 0 Å². The van der Waals surface area contributed by atoms with Crippen LogP contribution in [0.1, 0.15) is 51.2 Å². The first-order valence-electron chi connectivity index (χ1n) is 7.82. The van der Waals surface area contributed by atoms with Crippen molar-refractivity contribution < 1.29 is 0 Å². The van der Waals surface area contributed by atoms with Gasteiger partial charge in [-0.15, -0.1) is 0 Å². The molecule has 2 rings (SSSR count). The number of nitriles is 1. The fourth-order valence-electron chi connectivity index (χ4n) is 3.44. The van der Waals surface area contributed by atoms with Crippen LogP contribution in [0.2, 0.25) is 0 Å². The summed E-state index contributed by atoms with van der Waals surface area (Å²) >= 11 is 0. The van der Waals surface area contributed by atoms with Crippen molar-refractivity contribution in [3.05, 3.63) is 35.4 Å². The van der Waals surface area contributed by atoms with Gasteiger partial charge in [-0.2, -0.15) is 5.26 Å². The molecule has 1 aliphatic rings. The van der Waals surface area contributed by atoms with E-state index in [4.69, 9.17) is 5.26 Å². The minimum absolute atomic E-state index is 0.615. The molecule has 0 bridgehead atoms. The van der Waals surface area contributed by atoms with Crippen molar-refractivity contribution >= 4 is 0 Å². The molecule has 2 nitrogen and oxygen atoms in total.